The molecule has 1 heterocycles. The number of rotatable bonds is 4. The molecule has 0 aromatic carbocycles. The Morgan fingerprint density at radius 3 is 2.53 bits per heavy atom. The zero-order valence-corrected chi connectivity index (χ0v) is 11.1. The Morgan fingerprint density at radius 1 is 1.29 bits per heavy atom. The first kappa shape index (κ1) is 13.3. The molecule has 0 aromatic heterocycles. The average Bonchev–Trinajstić information content (AvgIpc) is 2.74. The van der Waals surface area contributed by atoms with Gasteiger partial charge in [0.25, 0.3) is 0 Å². The third kappa shape index (κ3) is 3.19. The molecule has 0 amide bonds. The van der Waals surface area contributed by atoms with Gasteiger partial charge in [0.15, 0.2) is 0 Å². The van der Waals surface area contributed by atoms with E-state index in [2.05, 4.69) is 16.7 Å². The van der Waals surface area contributed by atoms with Crippen LogP contribution in [0.25, 0.3) is 0 Å². The maximum absolute atomic E-state index is 9.30. The molecule has 2 unspecified atom stereocenters. The molecular formula is C13H27N3O. The Balaban J connectivity index is 1.78. The van der Waals surface area contributed by atoms with Crippen molar-refractivity contribution >= 4 is 0 Å². The van der Waals surface area contributed by atoms with Crippen LogP contribution in [-0.2, 0) is 0 Å². The SMILES string of the molecule is CCCN1CCN(C2CCC(N)(CO)C2)CC1. The molecule has 2 rings (SSSR count). The smallest absolute Gasteiger partial charge is 0.0611 e. The van der Waals surface area contributed by atoms with Gasteiger partial charge in [-0.3, -0.25) is 4.90 Å². The topological polar surface area (TPSA) is 52.7 Å². The summed E-state index contributed by atoms with van der Waals surface area (Å²) in [6, 6.07) is 0.607. The molecule has 3 N–H and O–H groups in total. The zero-order valence-electron chi connectivity index (χ0n) is 11.1. The van der Waals surface area contributed by atoms with Crippen LogP contribution < -0.4 is 5.73 Å². The van der Waals surface area contributed by atoms with Crippen LogP contribution in [0.2, 0.25) is 0 Å². The van der Waals surface area contributed by atoms with Crippen LogP contribution in [0.1, 0.15) is 32.6 Å². The molecule has 1 saturated carbocycles. The molecule has 0 bridgehead atoms. The molecule has 2 atom stereocenters. The monoisotopic (exact) mass is 241 g/mol. The van der Waals surface area contributed by atoms with Gasteiger partial charge < -0.3 is 15.7 Å². The fourth-order valence-corrected chi connectivity index (χ4v) is 3.25. The summed E-state index contributed by atoms with van der Waals surface area (Å²) in [5.41, 5.74) is 5.84. The Kier molecular flexibility index (Phi) is 4.42. The maximum Gasteiger partial charge on any atom is 0.0611 e. The van der Waals surface area contributed by atoms with Crippen molar-refractivity contribution < 1.29 is 5.11 Å². The highest BCUT2D eigenvalue weighted by Crippen LogP contribution is 2.31. The minimum absolute atomic E-state index is 0.138. The lowest BCUT2D eigenvalue weighted by Crippen LogP contribution is -2.51. The van der Waals surface area contributed by atoms with Gasteiger partial charge in [-0.25, -0.2) is 0 Å². The Hall–Kier alpha value is -0.160. The summed E-state index contributed by atoms with van der Waals surface area (Å²) in [7, 11) is 0. The van der Waals surface area contributed by atoms with E-state index in [9.17, 15) is 5.11 Å². The number of hydrogen-bond donors (Lipinski definition) is 2. The van der Waals surface area contributed by atoms with Crippen LogP contribution in [0, 0.1) is 0 Å². The van der Waals surface area contributed by atoms with Crippen molar-refractivity contribution in [1.29, 1.82) is 0 Å². The van der Waals surface area contributed by atoms with Crippen molar-refractivity contribution in [3.63, 3.8) is 0 Å². The van der Waals surface area contributed by atoms with Crippen molar-refractivity contribution in [1.82, 2.24) is 9.80 Å². The van der Waals surface area contributed by atoms with E-state index in [1.165, 1.54) is 39.1 Å². The third-order valence-corrected chi connectivity index (χ3v) is 4.40. The van der Waals surface area contributed by atoms with Crippen LogP contribution in [-0.4, -0.2) is 65.8 Å². The fraction of sp³-hybridized carbons (Fsp3) is 1.00. The highest BCUT2D eigenvalue weighted by atomic mass is 16.3. The van der Waals surface area contributed by atoms with Gasteiger partial charge in [0.2, 0.25) is 0 Å². The number of nitrogens with zero attached hydrogens (tertiary/aromatic N) is 2. The molecule has 0 aromatic rings. The second kappa shape index (κ2) is 5.65. The molecule has 1 saturated heterocycles. The molecule has 0 radical (unpaired) electrons. The normalized spacial score (nSPS) is 36.5. The largest absolute Gasteiger partial charge is 0.394 e. The molecule has 1 aliphatic carbocycles. The van der Waals surface area contributed by atoms with Crippen molar-refractivity contribution in [2.24, 2.45) is 5.73 Å². The number of nitrogens with two attached hydrogens (primary N) is 1. The molecule has 4 nitrogen and oxygen atoms in total. The van der Waals surface area contributed by atoms with Gasteiger partial charge in [-0.2, -0.15) is 0 Å². The molecule has 2 aliphatic rings. The minimum Gasteiger partial charge on any atom is -0.394 e. The lowest BCUT2D eigenvalue weighted by Gasteiger charge is -2.38. The summed E-state index contributed by atoms with van der Waals surface area (Å²) in [6.45, 7) is 8.35. The van der Waals surface area contributed by atoms with E-state index in [1.807, 2.05) is 0 Å². The fourth-order valence-electron chi connectivity index (χ4n) is 3.25. The second-order valence-corrected chi connectivity index (χ2v) is 5.79. The molecule has 4 heteroatoms. The van der Waals surface area contributed by atoms with E-state index in [1.54, 1.807) is 0 Å². The van der Waals surface area contributed by atoms with E-state index < -0.39 is 0 Å². The Bertz CT molecular complexity index is 241. The molecule has 1 aliphatic heterocycles. The first-order valence-corrected chi connectivity index (χ1v) is 7.03. The molecule has 100 valence electrons. The summed E-state index contributed by atoms with van der Waals surface area (Å²) in [5.74, 6) is 0. The Morgan fingerprint density at radius 2 is 2.00 bits per heavy atom. The molecule has 2 fully saturated rings. The average molecular weight is 241 g/mol. The van der Waals surface area contributed by atoms with Crippen LogP contribution in [0.5, 0.6) is 0 Å². The van der Waals surface area contributed by atoms with Crippen molar-refractivity contribution in [2.75, 3.05) is 39.3 Å². The summed E-state index contributed by atoms with van der Waals surface area (Å²) >= 11 is 0. The lowest BCUT2D eigenvalue weighted by atomic mass is 10.0. The number of hydrogen-bond acceptors (Lipinski definition) is 4. The van der Waals surface area contributed by atoms with E-state index in [-0.39, 0.29) is 12.1 Å². The van der Waals surface area contributed by atoms with Crippen LogP contribution in [0.4, 0.5) is 0 Å². The zero-order chi connectivity index (χ0) is 12.3. The van der Waals surface area contributed by atoms with Gasteiger partial charge in [-0.1, -0.05) is 6.92 Å². The van der Waals surface area contributed by atoms with Gasteiger partial charge in [0.05, 0.1) is 6.61 Å². The predicted molar refractivity (Wildman–Crippen MR) is 69.9 cm³/mol. The third-order valence-electron chi connectivity index (χ3n) is 4.40. The predicted octanol–water partition coefficient (Wildman–Crippen LogP) is 0.256. The van der Waals surface area contributed by atoms with Gasteiger partial charge in [0.1, 0.15) is 0 Å². The van der Waals surface area contributed by atoms with Gasteiger partial charge in [0, 0.05) is 37.8 Å². The highest BCUT2D eigenvalue weighted by Gasteiger charge is 2.38. The van der Waals surface area contributed by atoms with Crippen molar-refractivity contribution in [2.45, 2.75) is 44.2 Å². The second-order valence-electron chi connectivity index (χ2n) is 5.79. The number of piperazine rings is 1. The first-order chi connectivity index (χ1) is 8.17. The summed E-state index contributed by atoms with van der Waals surface area (Å²) in [4.78, 5) is 5.13. The molecular weight excluding hydrogens is 214 g/mol. The molecule has 17 heavy (non-hydrogen) atoms. The van der Waals surface area contributed by atoms with Crippen molar-refractivity contribution in [3.8, 4) is 0 Å². The van der Waals surface area contributed by atoms with Gasteiger partial charge in [-0.05, 0) is 32.2 Å². The first-order valence-electron chi connectivity index (χ1n) is 7.03. The number of aliphatic hydroxyl groups excluding tert-OH is 1. The number of aliphatic hydroxyl groups is 1. The van der Waals surface area contributed by atoms with Crippen LogP contribution in [0.15, 0.2) is 0 Å². The minimum atomic E-state index is -0.300. The standard InChI is InChI=1S/C13H27N3O/c1-2-5-15-6-8-16(9-7-15)12-3-4-13(14,10-12)11-17/h12,17H,2-11,14H2,1H3. The summed E-state index contributed by atoms with van der Waals surface area (Å²) in [5, 5.41) is 9.30. The highest BCUT2D eigenvalue weighted by molar-refractivity contribution is 4.97. The summed E-state index contributed by atoms with van der Waals surface area (Å²) < 4.78 is 0. The van der Waals surface area contributed by atoms with E-state index in [0.29, 0.717) is 6.04 Å². The van der Waals surface area contributed by atoms with E-state index >= 15 is 0 Å². The van der Waals surface area contributed by atoms with Crippen molar-refractivity contribution in [3.05, 3.63) is 0 Å². The van der Waals surface area contributed by atoms with E-state index in [0.717, 1.165) is 19.3 Å². The van der Waals surface area contributed by atoms with E-state index in [4.69, 9.17) is 5.73 Å². The van der Waals surface area contributed by atoms with Crippen LogP contribution >= 0.6 is 0 Å². The molecule has 0 spiro atoms. The lowest BCUT2D eigenvalue weighted by molar-refractivity contribution is 0.0921. The quantitative estimate of drug-likeness (QED) is 0.741. The van der Waals surface area contributed by atoms with Crippen LogP contribution in [0.3, 0.4) is 0 Å². The summed E-state index contributed by atoms with van der Waals surface area (Å²) in [6.07, 6.45) is 4.35. The maximum atomic E-state index is 9.30. The van der Waals surface area contributed by atoms with Gasteiger partial charge >= 0.3 is 0 Å². The Labute approximate surface area is 105 Å². The van der Waals surface area contributed by atoms with Gasteiger partial charge in [-0.15, -0.1) is 0 Å².